The molecular formula is C21H20N2O4S. The summed E-state index contributed by atoms with van der Waals surface area (Å²) in [5.74, 6) is 0.322. The molecule has 0 radical (unpaired) electrons. The van der Waals surface area contributed by atoms with Gasteiger partial charge in [-0.25, -0.2) is 13.1 Å². The Morgan fingerprint density at radius 1 is 1.00 bits per heavy atom. The minimum absolute atomic E-state index is 0.0755. The van der Waals surface area contributed by atoms with Gasteiger partial charge in [0.05, 0.1) is 17.7 Å². The molecule has 144 valence electrons. The normalized spacial score (nSPS) is 13.3. The molecule has 0 fully saturated rings. The lowest BCUT2D eigenvalue weighted by Gasteiger charge is -2.09. The van der Waals surface area contributed by atoms with Crippen LogP contribution in [0.25, 0.3) is 0 Å². The number of fused-ring (bicyclic) bond motifs is 1. The average molecular weight is 396 g/mol. The maximum Gasteiger partial charge on any atom is 0.255 e. The Morgan fingerprint density at radius 2 is 1.79 bits per heavy atom. The average Bonchev–Trinajstić information content (AvgIpc) is 3.38. The zero-order chi connectivity index (χ0) is 19.6. The van der Waals surface area contributed by atoms with E-state index in [4.69, 9.17) is 4.42 Å². The number of anilines is 1. The molecule has 0 aliphatic heterocycles. The molecule has 1 aromatic heterocycles. The van der Waals surface area contributed by atoms with Crippen molar-refractivity contribution in [3.8, 4) is 0 Å². The first-order valence-corrected chi connectivity index (χ1v) is 10.5. The highest BCUT2D eigenvalue weighted by Gasteiger charge is 2.16. The number of rotatable bonds is 6. The van der Waals surface area contributed by atoms with Gasteiger partial charge in [0.25, 0.3) is 5.91 Å². The van der Waals surface area contributed by atoms with E-state index >= 15 is 0 Å². The number of aryl methyl sites for hydroxylation is 2. The Labute approximate surface area is 163 Å². The van der Waals surface area contributed by atoms with E-state index in [0.717, 1.165) is 19.3 Å². The van der Waals surface area contributed by atoms with Crippen LogP contribution in [0.2, 0.25) is 0 Å². The van der Waals surface area contributed by atoms with Gasteiger partial charge >= 0.3 is 0 Å². The summed E-state index contributed by atoms with van der Waals surface area (Å²) in [6.45, 7) is 0.0755. The van der Waals surface area contributed by atoms with Crippen molar-refractivity contribution in [2.75, 3.05) is 5.32 Å². The SMILES string of the molecule is O=C(Nc1ccc(S(=O)(=O)NCc2ccco2)cc1)c1ccc2c(c1)CCC2. The molecule has 1 aliphatic carbocycles. The van der Waals surface area contributed by atoms with Gasteiger partial charge in [-0.15, -0.1) is 0 Å². The lowest BCUT2D eigenvalue weighted by atomic mass is 10.1. The van der Waals surface area contributed by atoms with E-state index in [9.17, 15) is 13.2 Å². The molecule has 1 amide bonds. The Bertz CT molecular complexity index is 1090. The van der Waals surface area contributed by atoms with Crippen LogP contribution < -0.4 is 10.0 Å². The molecule has 4 rings (SSSR count). The number of sulfonamides is 1. The fourth-order valence-corrected chi connectivity index (χ4v) is 4.29. The predicted molar refractivity (Wildman–Crippen MR) is 106 cm³/mol. The molecule has 3 aromatic rings. The molecule has 1 aliphatic rings. The summed E-state index contributed by atoms with van der Waals surface area (Å²) in [6.07, 6.45) is 4.70. The Hall–Kier alpha value is -2.90. The quantitative estimate of drug-likeness (QED) is 0.667. The topological polar surface area (TPSA) is 88.4 Å². The lowest BCUT2D eigenvalue weighted by molar-refractivity contribution is 0.102. The molecule has 2 aromatic carbocycles. The van der Waals surface area contributed by atoms with E-state index < -0.39 is 10.0 Å². The summed E-state index contributed by atoms with van der Waals surface area (Å²) in [5, 5.41) is 2.81. The van der Waals surface area contributed by atoms with Gasteiger partial charge in [0, 0.05) is 11.3 Å². The zero-order valence-corrected chi connectivity index (χ0v) is 16.0. The van der Waals surface area contributed by atoms with E-state index in [2.05, 4.69) is 10.0 Å². The Kier molecular flexibility index (Phi) is 5.02. The summed E-state index contributed by atoms with van der Waals surface area (Å²) in [7, 11) is -3.66. The zero-order valence-electron chi connectivity index (χ0n) is 15.1. The second kappa shape index (κ2) is 7.61. The molecule has 1 heterocycles. The number of carbonyl (C=O) groups excluding carboxylic acids is 1. The maximum absolute atomic E-state index is 12.5. The van der Waals surface area contributed by atoms with Crippen LogP contribution in [0.15, 0.2) is 70.2 Å². The van der Waals surface area contributed by atoms with Gasteiger partial charge in [-0.05, 0) is 78.9 Å². The Balaban J connectivity index is 1.42. The second-order valence-electron chi connectivity index (χ2n) is 6.72. The van der Waals surface area contributed by atoms with Crippen molar-refractivity contribution in [1.29, 1.82) is 0 Å². The van der Waals surface area contributed by atoms with Gasteiger partial charge in [-0.1, -0.05) is 6.07 Å². The van der Waals surface area contributed by atoms with E-state index in [-0.39, 0.29) is 17.3 Å². The molecule has 0 unspecified atom stereocenters. The number of nitrogens with one attached hydrogen (secondary N) is 2. The fraction of sp³-hybridized carbons (Fsp3) is 0.190. The Morgan fingerprint density at radius 3 is 2.54 bits per heavy atom. The molecule has 6 nitrogen and oxygen atoms in total. The number of amides is 1. The monoisotopic (exact) mass is 396 g/mol. The highest BCUT2D eigenvalue weighted by atomic mass is 32.2. The van der Waals surface area contributed by atoms with Crippen molar-refractivity contribution in [2.24, 2.45) is 0 Å². The summed E-state index contributed by atoms with van der Waals surface area (Å²) < 4.78 is 32.3. The minimum atomic E-state index is -3.66. The van der Waals surface area contributed by atoms with Crippen LogP contribution in [0.4, 0.5) is 5.69 Å². The van der Waals surface area contributed by atoms with E-state index in [1.807, 2.05) is 18.2 Å². The first kappa shape index (κ1) is 18.5. The largest absolute Gasteiger partial charge is 0.468 e. The molecular weight excluding hydrogens is 376 g/mol. The summed E-state index contributed by atoms with van der Waals surface area (Å²) in [6, 6.07) is 15.2. The van der Waals surface area contributed by atoms with Crippen molar-refractivity contribution in [3.63, 3.8) is 0 Å². The molecule has 7 heteroatoms. The first-order chi connectivity index (χ1) is 13.5. The van der Waals surface area contributed by atoms with Crippen LogP contribution in [0.1, 0.15) is 33.7 Å². The number of benzene rings is 2. The molecule has 0 bridgehead atoms. The molecule has 0 spiro atoms. The standard InChI is InChI=1S/C21H20N2O4S/c24-21(17-7-6-15-3-1-4-16(15)13-17)23-18-8-10-20(11-9-18)28(25,26)22-14-19-5-2-12-27-19/h2,5-13,22H,1,3-4,14H2,(H,23,24). The predicted octanol–water partition coefficient (Wildman–Crippen LogP) is 3.50. The minimum Gasteiger partial charge on any atom is -0.468 e. The van der Waals surface area contributed by atoms with Crippen molar-refractivity contribution in [3.05, 3.63) is 83.3 Å². The van der Waals surface area contributed by atoms with Crippen LogP contribution in [0.5, 0.6) is 0 Å². The van der Waals surface area contributed by atoms with Crippen LogP contribution in [-0.4, -0.2) is 14.3 Å². The molecule has 2 N–H and O–H groups in total. The number of furan rings is 1. The van der Waals surface area contributed by atoms with Crippen LogP contribution in [0, 0.1) is 0 Å². The summed E-state index contributed by atoms with van der Waals surface area (Å²) in [5.41, 5.74) is 3.69. The van der Waals surface area contributed by atoms with Crippen molar-refractivity contribution in [2.45, 2.75) is 30.7 Å². The summed E-state index contributed by atoms with van der Waals surface area (Å²) in [4.78, 5) is 12.6. The van der Waals surface area contributed by atoms with Gasteiger partial charge in [0.2, 0.25) is 10.0 Å². The maximum atomic E-state index is 12.5. The molecule has 0 atom stereocenters. The first-order valence-electron chi connectivity index (χ1n) is 9.06. The van der Waals surface area contributed by atoms with E-state index in [1.54, 1.807) is 24.3 Å². The number of hydrogen-bond donors (Lipinski definition) is 2. The van der Waals surface area contributed by atoms with Crippen molar-refractivity contribution in [1.82, 2.24) is 4.72 Å². The third-order valence-corrected chi connectivity index (χ3v) is 6.22. The van der Waals surface area contributed by atoms with Crippen molar-refractivity contribution < 1.29 is 17.6 Å². The second-order valence-corrected chi connectivity index (χ2v) is 8.49. The lowest BCUT2D eigenvalue weighted by Crippen LogP contribution is -2.23. The van der Waals surface area contributed by atoms with E-state index in [0.29, 0.717) is 17.0 Å². The smallest absolute Gasteiger partial charge is 0.255 e. The van der Waals surface area contributed by atoms with E-state index in [1.165, 1.54) is 29.5 Å². The third kappa shape index (κ3) is 4.00. The third-order valence-electron chi connectivity index (χ3n) is 4.80. The van der Waals surface area contributed by atoms with Crippen LogP contribution in [0.3, 0.4) is 0 Å². The van der Waals surface area contributed by atoms with Gasteiger partial charge < -0.3 is 9.73 Å². The highest BCUT2D eigenvalue weighted by Crippen LogP contribution is 2.23. The summed E-state index contributed by atoms with van der Waals surface area (Å²) >= 11 is 0. The molecule has 28 heavy (non-hydrogen) atoms. The molecule has 0 saturated carbocycles. The van der Waals surface area contributed by atoms with Crippen LogP contribution >= 0.6 is 0 Å². The van der Waals surface area contributed by atoms with Gasteiger partial charge in [-0.2, -0.15) is 0 Å². The van der Waals surface area contributed by atoms with Crippen molar-refractivity contribution >= 4 is 21.6 Å². The van der Waals surface area contributed by atoms with Gasteiger partial charge in [0.1, 0.15) is 5.76 Å². The number of hydrogen-bond acceptors (Lipinski definition) is 4. The number of carbonyl (C=O) groups is 1. The van der Waals surface area contributed by atoms with Gasteiger partial charge in [-0.3, -0.25) is 4.79 Å². The van der Waals surface area contributed by atoms with Gasteiger partial charge in [0.15, 0.2) is 0 Å². The molecule has 0 saturated heterocycles. The fourth-order valence-electron chi connectivity index (χ4n) is 3.30. The highest BCUT2D eigenvalue weighted by molar-refractivity contribution is 7.89. The van der Waals surface area contributed by atoms with Crippen LogP contribution in [-0.2, 0) is 29.4 Å².